The minimum atomic E-state index is 0.521. The number of aromatic nitrogens is 1. The van der Waals surface area contributed by atoms with Gasteiger partial charge in [-0.25, -0.2) is 0 Å². The van der Waals surface area contributed by atoms with Crippen LogP contribution < -0.4 is 4.74 Å². The summed E-state index contributed by atoms with van der Waals surface area (Å²) in [4.78, 5) is 8.03. The fourth-order valence-corrected chi connectivity index (χ4v) is 0.979. The van der Waals surface area contributed by atoms with Gasteiger partial charge in [-0.3, -0.25) is 9.98 Å². The summed E-state index contributed by atoms with van der Waals surface area (Å²) in [6.07, 6.45) is 3.38. The summed E-state index contributed by atoms with van der Waals surface area (Å²) < 4.78 is 10.3. The fourth-order valence-electron chi connectivity index (χ4n) is 0.979. The predicted octanol–water partition coefficient (Wildman–Crippen LogP) is 1.16. The van der Waals surface area contributed by atoms with Crippen LogP contribution in [-0.2, 0) is 4.74 Å². The monoisotopic (exact) mass is 194 g/mol. The average molecular weight is 194 g/mol. The Kier molecular flexibility index (Phi) is 4.64. The summed E-state index contributed by atoms with van der Waals surface area (Å²) in [6, 6.07) is 3.69. The Labute approximate surface area is 83.6 Å². The quantitative estimate of drug-likeness (QED) is 0.521. The molecule has 0 bridgehead atoms. The summed E-state index contributed by atoms with van der Waals surface area (Å²) in [6.45, 7) is 1.09. The van der Waals surface area contributed by atoms with Gasteiger partial charge in [-0.2, -0.15) is 0 Å². The van der Waals surface area contributed by atoms with Gasteiger partial charge in [-0.15, -0.1) is 0 Å². The van der Waals surface area contributed by atoms with E-state index in [1.54, 1.807) is 26.6 Å². The first-order valence-corrected chi connectivity index (χ1v) is 4.37. The van der Waals surface area contributed by atoms with E-state index in [9.17, 15) is 0 Å². The minimum Gasteiger partial charge on any atom is -0.489 e. The highest BCUT2D eigenvalue weighted by atomic mass is 16.5. The number of rotatable bonds is 5. The van der Waals surface area contributed by atoms with Crippen molar-refractivity contribution in [3.8, 4) is 5.75 Å². The zero-order chi connectivity index (χ0) is 10.2. The Morgan fingerprint density at radius 1 is 1.50 bits per heavy atom. The lowest BCUT2D eigenvalue weighted by Gasteiger charge is -2.06. The number of nitrogens with zero attached hydrogens (tertiary/aromatic N) is 2. The van der Waals surface area contributed by atoms with Gasteiger partial charge in [0.15, 0.2) is 0 Å². The molecule has 0 N–H and O–H groups in total. The lowest BCUT2D eigenvalue weighted by Crippen LogP contribution is -2.06. The van der Waals surface area contributed by atoms with Crippen molar-refractivity contribution < 1.29 is 9.47 Å². The van der Waals surface area contributed by atoms with E-state index in [1.165, 1.54) is 0 Å². The van der Waals surface area contributed by atoms with Gasteiger partial charge in [0, 0.05) is 20.4 Å². The molecule has 1 rings (SSSR count). The van der Waals surface area contributed by atoms with E-state index in [4.69, 9.17) is 9.47 Å². The topological polar surface area (TPSA) is 43.7 Å². The molecule has 0 aliphatic carbocycles. The van der Waals surface area contributed by atoms with Crippen LogP contribution in [-0.4, -0.2) is 38.6 Å². The highest BCUT2D eigenvalue weighted by Gasteiger charge is 2.00. The van der Waals surface area contributed by atoms with Gasteiger partial charge in [-0.1, -0.05) is 0 Å². The number of methoxy groups -OCH3 is 1. The Morgan fingerprint density at radius 2 is 2.36 bits per heavy atom. The third-order valence-corrected chi connectivity index (χ3v) is 1.60. The molecule has 1 aromatic heterocycles. The van der Waals surface area contributed by atoms with Gasteiger partial charge in [-0.05, 0) is 12.1 Å². The lowest BCUT2D eigenvalue weighted by molar-refractivity contribution is 0.146. The number of pyridine rings is 1. The second-order valence-corrected chi connectivity index (χ2v) is 2.62. The third kappa shape index (κ3) is 3.14. The molecule has 14 heavy (non-hydrogen) atoms. The molecule has 0 aliphatic rings. The summed E-state index contributed by atoms with van der Waals surface area (Å²) >= 11 is 0. The maximum Gasteiger partial charge on any atom is 0.146 e. The van der Waals surface area contributed by atoms with Crippen molar-refractivity contribution in [1.82, 2.24) is 4.98 Å². The van der Waals surface area contributed by atoms with Crippen molar-refractivity contribution in [2.24, 2.45) is 4.99 Å². The highest BCUT2D eigenvalue weighted by molar-refractivity contribution is 5.80. The standard InChI is InChI=1S/C10H14N2O2/c1-11-8-9-10(4-3-5-12-9)14-7-6-13-2/h3-5,8H,6-7H2,1-2H3. The van der Waals surface area contributed by atoms with Crippen LogP contribution in [0.3, 0.4) is 0 Å². The molecule has 0 fully saturated rings. The maximum absolute atomic E-state index is 5.45. The second kappa shape index (κ2) is 6.10. The van der Waals surface area contributed by atoms with Crippen molar-refractivity contribution in [3.63, 3.8) is 0 Å². The van der Waals surface area contributed by atoms with Crippen molar-refractivity contribution in [3.05, 3.63) is 24.0 Å². The third-order valence-electron chi connectivity index (χ3n) is 1.60. The average Bonchev–Trinajstić information content (AvgIpc) is 2.21. The molecule has 1 heterocycles. The van der Waals surface area contributed by atoms with Crippen molar-refractivity contribution in [2.45, 2.75) is 0 Å². The molecule has 0 amide bonds. The van der Waals surface area contributed by atoms with Crippen molar-refractivity contribution in [1.29, 1.82) is 0 Å². The molecule has 0 aromatic carbocycles. The van der Waals surface area contributed by atoms with Crippen molar-refractivity contribution in [2.75, 3.05) is 27.4 Å². The van der Waals surface area contributed by atoms with Crippen LogP contribution in [0.4, 0.5) is 0 Å². The van der Waals surface area contributed by atoms with Crippen LogP contribution in [0.2, 0.25) is 0 Å². The van der Waals surface area contributed by atoms with Crippen LogP contribution in [0.1, 0.15) is 5.69 Å². The van der Waals surface area contributed by atoms with Gasteiger partial charge < -0.3 is 9.47 Å². The number of aliphatic imine (C=N–C) groups is 1. The molecular formula is C10H14N2O2. The Morgan fingerprint density at radius 3 is 3.07 bits per heavy atom. The number of hydrogen-bond acceptors (Lipinski definition) is 4. The maximum atomic E-state index is 5.45. The molecule has 4 heteroatoms. The van der Waals surface area contributed by atoms with Crippen molar-refractivity contribution >= 4 is 6.21 Å². The molecule has 1 aromatic rings. The first kappa shape index (κ1) is 10.7. The summed E-state index contributed by atoms with van der Waals surface area (Å²) in [7, 11) is 3.34. The van der Waals surface area contributed by atoms with E-state index in [2.05, 4.69) is 9.98 Å². The van der Waals surface area contributed by atoms with E-state index in [0.717, 1.165) is 11.4 Å². The zero-order valence-electron chi connectivity index (χ0n) is 8.43. The first-order valence-electron chi connectivity index (χ1n) is 4.37. The van der Waals surface area contributed by atoms with E-state index in [-0.39, 0.29) is 0 Å². The molecule has 0 radical (unpaired) electrons. The van der Waals surface area contributed by atoms with Gasteiger partial charge in [0.05, 0.1) is 12.8 Å². The minimum absolute atomic E-state index is 0.521. The summed E-state index contributed by atoms with van der Waals surface area (Å²) in [5.74, 6) is 0.732. The first-order chi connectivity index (χ1) is 6.88. The van der Waals surface area contributed by atoms with Crippen LogP contribution in [0.5, 0.6) is 5.75 Å². The number of hydrogen-bond donors (Lipinski definition) is 0. The van der Waals surface area contributed by atoms with E-state index in [1.807, 2.05) is 12.1 Å². The van der Waals surface area contributed by atoms with E-state index < -0.39 is 0 Å². The smallest absolute Gasteiger partial charge is 0.146 e. The van der Waals surface area contributed by atoms with Crippen LogP contribution >= 0.6 is 0 Å². The van der Waals surface area contributed by atoms with Gasteiger partial charge in [0.1, 0.15) is 18.1 Å². The van der Waals surface area contributed by atoms with Gasteiger partial charge in [0.25, 0.3) is 0 Å². The largest absolute Gasteiger partial charge is 0.489 e. The Bertz CT molecular complexity index is 300. The van der Waals surface area contributed by atoms with Crippen LogP contribution in [0.15, 0.2) is 23.3 Å². The summed E-state index contributed by atoms with van der Waals surface area (Å²) in [5.41, 5.74) is 0.742. The normalized spacial score (nSPS) is 10.7. The molecule has 0 atom stereocenters. The number of ether oxygens (including phenoxy) is 2. The molecule has 0 aliphatic heterocycles. The molecular weight excluding hydrogens is 180 g/mol. The fraction of sp³-hybridized carbons (Fsp3) is 0.400. The molecule has 76 valence electrons. The Balaban J connectivity index is 2.64. The van der Waals surface area contributed by atoms with Crippen LogP contribution in [0.25, 0.3) is 0 Å². The molecule has 0 saturated carbocycles. The zero-order valence-corrected chi connectivity index (χ0v) is 8.43. The molecule has 0 spiro atoms. The molecule has 4 nitrogen and oxygen atoms in total. The van der Waals surface area contributed by atoms with Crippen LogP contribution in [0, 0.1) is 0 Å². The second-order valence-electron chi connectivity index (χ2n) is 2.62. The van der Waals surface area contributed by atoms with E-state index >= 15 is 0 Å². The SMILES string of the molecule is CN=Cc1ncccc1OCCOC. The van der Waals surface area contributed by atoms with Gasteiger partial charge in [0.2, 0.25) is 0 Å². The lowest BCUT2D eigenvalue weighted by atomic mass is 10.3. The highest BCUT2D eigenvalue weighted by Crippen LogP contribution is 2.12. The summed E-state index contributed by atoms with van der Waals surface area (Å²) in [5, 5.41) is 0. The Hall–Kier alpha value is -1.42. The molecule has 0 saturated heterocycles. The molecule has 0 unspecified atom stereocenters. The van der Waals surface area contributed by atoms with E-state index in [0.29, 0.717) is 13.2 Å². The predicted molar refractivity (Wildman–Crippen MR) is 55.1 cm³/mol. The van der Waals surface area contributed by atoms with Gasteiger partial charge >= 0.3 is 0 Å².